The maximum absolute atomic E-state index is 14.8. The first-order chi connectivity index (χ1) is 47.5. The Morgan fingerprint density at radius 1 is 0.465 bits per heavy atom. The van der Waals surface area contributed by atoms with Crippen molar-refractivity contribution in [1.29, 1.82) is 0 Å². The second-order valence-corrected chi connectivity index (χ2v) is 25.9. The predicted molar refractivity (Wildman–Crippen MR) is 348 cm³/mol. The Morgan fingerprint density at radius 2 is 0.861 bits per heavy atom. The van der Waals surface area contributed by atoms with Gasteiger partial charge < -0.3 is 87.2 Å². The van der Waals surface area contributed by atoms with Crippen LogP contribution in [0.1, 0.15) is 142 Å². The standard InChI is InChI=1S/C64H88N10O26S/c1-5-35(4)54(72-61(92)47-14-9-29-73(47)62(93)41(21-26-51(80)81)68-58(89)44(32-36-11-7-6-8-12-36)65-48(75)23-28-53(84)85)63(94)74-30-10-13-46(74)60(91)67-40(20-25-50(78)79)55(86)66-39(19-24-49(76)77)56(87)71-45(33-37-15-17-38(18-16-37)100-101(97,98)99)59(90)70-43(31-34(2)3)57(88)69-42(64(95)96)22-27-52(82)83/h6-8,11-12,15-18,34-35,39-47,54H,5,9-10,13-14,19-33H2,1-4H3,(H,65,75)(H,66,86)(H,67,91)(H,68,89)(H,69,88)(H,70,90)(H,71,87)(H,72,92)(H,76,77)(H,78,79)(H,80,81)(H,82,83)(H,84,85)(H,95,96)(H,97,98,99)/t35-,39-,40-,41-,42-,43-,44-,45-,46-,47-,54-/m0/s1. The Balaban J connectivity index is 1.61. The molecule has 2 aliphatic rings. The zero-order chi connectivity index (χ0) is 75.4. The zero-order valence-electron chi connectivity index (χ0n) is 56.0. The van der Waals surface area contributed by atoms with Gasteiger partial charge in [0, 0.05) is 58.0 Å². The van der Waals surface area contributed by atoms with Crippen LogP contribution in [0.25, 0.3) is 0 Å². The van der Waals surface area contributed by atoms with Crippen LogP contribution in [0.5, 0.6) is 5.75 Å². The lowest BCUT2D eigenvalue weighted by Crippen LogP contribution is -2.61. The maximum Gasteiger partial charge on any atom is 0.446 e. The summed E-state index contributed by atoms with van der Waals surface area (Å²) < 4.78 is 36.4. The van der Waals surface area contributed by atoms with E-state index in [0.29, 0.717) is 5.56 Å². The number of nitrogens with one attached hydrogen (secondary N) is 8. The first-order valence-corrected chi connectivity index (χ1v) is 34.0. The van der Waals surface area contributed by atoms with Gasteiger partial charge in [0.05, 0.1) is 6.42 Å². The molecule has 2 aromatic carbocycles. The first kappa shape index (κ1) is 83.1. The van der Waals surface area contributed by atoms with Crippen molar-refractivity contribution in [3.8, 4) is 5.75 Å². The second-order valence-electron chi connectivity index (χ2n) is 24.9. The van der Waals surface area contributed by atoms with Crippen molar-refractivity contribution in [3.63, 3.8) is 0 Å². The highest BCUT2D eigenvalue weighted by Gasteiger charge is 2.44. The van der Waals surface area contributed by atoms with Crippen LogP contribution in [0, 0.1) is 11.8 Å². The summed E-state index contributed by atoms with van der Waals surface area (Å²) in [5, 5.41) is 76.8. The van der Waals surface area contributed by atoms with Crippen LogP contribution in [0.2, 0.25) is 0 Å². The largest absolute Gasteiger partial charge is 0.481 e. The number of rotatable bonds is 43. The lowest BCUT2D eigenvalue weighted by molar-refractivity contribution is -0.146. The quantitative estimate of drug-likeness (QED) is 0.0355. The maximum atomic E-state index is 14.8. The van der Waals surface area contributed by atoms with E-state index in [9.17, 15) is 110 Å². The summed E-state index contributed by atoms with van der Waals surface area (Å²) in [6.07, 6.45) is -6.66. The molecule has 2 fully saturated rings. The number of benzene rings is 2. The van der Waals surface area contributed by atoms with Crippen molar-refractivity contribution < 1.29 is 125 Å². The lowest BCUT2D eigenvalue weighted by atomic mass is 9.96. The fraction of sp³-hybridized carbons (Fsp3) is 0.562. The Bertz CT molecular complexity index is 3450. The van der Waals surface area contributed by atoms with E-state index < -0.39 is 254 Å². The molecule has 0 aromatic heterocycles. The van der Waals surface area contributed by atoms with Crippen molar-refractivity contribution in [2.75, 3.05) is 13.1 Å². The van der Waals surface area contributed by atoms with E-state index in [2.05, 4.69) is 46.7 Å². The van der Waals surface area contributed by atoms with Crippen LogP contribution >= 0.6 is 0 Å². The summed E-state index contributed by atoms with van der Waals surface area (Å²) in [6, 6.07) is -3.14. The third kappa shape index (κ3) is 28.4. The first-order valence-electron chi connectivity index (χ1n) is 32.6. The number of hydrogen-bond acceptors (Lipinski definition) is 19. The molecule has 4 rings (SSSR count). The summed E-state index contributed by atoms with van der Waals surface area (Å²) >= 11 is 0. The van der Waals surface area contributed by atoms with Gasteiger partial charge in [-0.15, -0.1) is 0 Å². The average Bonchev–Trinajstić information content (AvgIpc) is 1.70. The minimum Gasteiger partial charge on any atom is -0.481 e. The smallest absolute Gasteiger partial charge is 0.446 e. The van der Waals surface area contributed by atoms with E-state index in [1.54, 1.807) is 58.0 Å². The van der Waals surface area contributed by atoms with Crippen molar-refractivity contribution in [3.05, 3.63) is 65.7 Å². The number of carbonyl (C=O) groups excluding carboxylic acids is 10. The van der Waals surface area contributed by atoms with Crippen LogP contribution < -0.4 is 46.7 Å². The van der Waals surface area contributed by atoms with E-state index >= 15 is 0 Å². The molecule has 0 aliphatic carbocycles. The summed E-state index contributed by atoms with van der Waals surface area (Å²) in [7, 11) is -5.02. The molecule has 15 N–H and O–H groups in total. The van der Waals surface area contributed by atoms with E-state index in [4.69, 9.17) is 10.2 Å². The monoisotopic (exact) mass is 1440 g/mol. The Hall–Kier alpha value is -10.3. The number of aliphatic carboxylic acids is 6. The third-order valence-corrected chi connectivity index (χ3v) is 17.0. The van der Waals surface area contributed by atoms with E-state index in [1.807, 2.05) is 0 Å². The van der Waals surface area contributed by atoms with Gasteiger partial charge in [-0.25, -0.2) is 4.79 Å². The van der Waals surface area contributed by atoms with Gasteiger partial charge >= 0.3 is 46.2 Å². The minimum absolute atomic E-state index is 0.0312. The molecule has 0 saturated carbocycles. The zero-order valence-corrected chi connectivity index (χ0v) is 56.8. The molecule has 36 nitrogen and oxygen atoms in total. The summed E-state index contributed by atoms with van der Waals surface area (Å²) in [5.41, 5.74) is 0.688. The number of carboxylic acids is 6. The Kier molecular flexibility index (Phi) is 33.0. The number of amides is 10. The molecular weight excluding hydrogens is 1360 g/mol. The van der Waals surface area contributed by atoms with Crippen LogP contribution in [0.4, 0.5) is 0 Å². The normalized spacial score (nSPS) is 16.9. The SMILES string of the molecule is CC[C@H](C)[C@H](NC(=O)[C@@H]1CCCN1C(=O)[C@H](CCC(=O)O)NC(=O)[C@H](Cc1ccccc1)NC(=O)CCC(=O)O)C(=O)N1CCC[C@H]1C(=O)N[C@@H](CCC(=O)O)C(=O)N[C@@H](CCC(=O)O)C(=O)N[C@@H](Cc1ccc(OS(=O)(=O)O)cc1)C(=O)N[C@@H](CC(C)C)C(=O)N[C@@H](CCC(=O)O)C(=O)O. The number of carbonyl (C=O) groups is 16. The molecule has 2 heterocycles. The molecule has 2 saturated heterocycles. The molecule has 0 bridgehead atoms. The average molecular weight is 1450 g/mol. The van der Waals surface area contributed by atoms with Gasteiger partial charge in [-0.05, 0) is 92.9 Å². The predicted octanol–water partition coefficient (Wildman–Crippen LogP) is -0.985. The molecule has 10 amide bonds. The van der Waals surface area contributed by atoms with Crippen LogP contribution in [-0.2, 0) is 100.0 Å². The highest BCUT2D eigenvalue weighted by molar-refractivity contribution is 7.81. The van der Waals surface area contributed by atoms with Crippen molar-refractivity contribution >= 4 is 105 Å². The Labute approximate surface area is 580 Å². The van der Waals surface area contributed by atoms with Crippen molar-refractivity contribution in [1.82, 2.24) is 52.3 Å². The van der Waals surface area contributed by atoms with Gasteiger partial charge in [-0.2, -0.15) is 8.42 Å². The van der Waals surface area contributed by atoms with Crippen molar-refractivity contribution in [2.24, 2.45) is 11.8 Å². The van der Waals surface area contributed by atoms with Gasteiger partial charge in [0.25, 0.3) is 0 Å². The van der Waals surface area contributed by atoms with Crippen LogP contribution in [0.3, 0.4) is 0 Å². The molecule has 0 radical (unpaired) electrons. The molecule has 11 atom stereocenters. The third-order valence-electron chi connectivity index (χ3n) is 16.6. The Morgan fingerprint density at radius 3 is 1.34 bits per heavy atom. The van der Waals surface area contributed by atoms with Crippen LogP contribution in [0.15, 0.2) is 54.6 Å². The minimum atomic E-state index is -5.02. The highest BCUT2D eigenvalue weighted by atomic mass is 32.3. The molecule has 2 aliphatic heterocycles. The number of nitrogens with zero attached hydrogens (tertiary/aromatic N) is 2. The molecule has 556 valence electrons. The topological polar surface area (TPSA) is 561 Å². The molecule has 0 unspecified atom stereocenters. The van der Waals surface area contributed by atoms with E-state index in [0.717, 1.165) is 21.9 Å². The van der Waals surface area contributed by atoms with E-state index in [1.165, 1.54) is 12.1 Å². The summed E-state index contributed by atoms with van der Waals surface area (Å²) in [6.45, 7) is 6.41. The van der Waals surface area contributed by atoms with Gasteiger partial charge in [0.1, 0.15) is 66.2 Å². The van der Waals surface area contributed by atoms with Gasteiger partial charge in [-0.1, -0.05) is 76.6 Å². The summed E-state index contributed by atoms with van der Waals surface area (Å²) in [4.78, 5) is 215. The number of hydrogen-bond donors (Lipinski definition) is 15. The van der Waals surface area contributed by atoms with E-state index in [-0.39, 0.29) is 63.6 Å². The summed E-state index contributed by atoms with van der Waals surface area (Å²) in [5.74, 6) is -20.1. The molecule has 0 spiro atoms. The van der Waals surface area contributed by atoms with Gasteiger partial charge in [0.2, 0.25) is 59.1 Å². The number of carboxylic acid groups (broad SMARTS) is 6. The lowest BCUT2D eigenvalue weighted by Gasteiger charge is -2.34. The van der Waals surface area contributed by atoms with Crippen LogP contribution in [-0.4, -0.2) is 222 Å². The number of likely N-dealkylation sites (tertiary alicyclic amines) is 2. The molecular formula is C64H88N10O26S. The van der Waals surface area contributed by atoms with Gasteiger partial charge in [0.15, 0.2) is 0 Å². The second kappa shape index (κ2) is 40.1. The molecule has 2 aromatic rings. The highest BCUT2D eigenvalue weighted by Crippen LogP contribution is 2.25. The molecule has 37 heteroatoms. The van der Waals surface area contributed by atoms with Gasteiger partial charge in [-0.3, -0.25) is 76.5 Å². The molecule has 101 heavy (non-hydrogen) atoms. The fourth-order valence-corrected chi connectivity index (χ4v) is 11.5. The van der Waals surface area contributed by atoms with Crippen molar-refractivity contribution in [2.45, 2.75) is 204 Å². The fourth-order valence-electron chi connectivity index (χ4n) is 11.2.